The Kier molecular flexibility index (Phi) is 4.73. The molecule has 7 nitrogen and oxygen atoms in total. The van der Waals surface area contributed by atoms with Crippen LogP contribution >= 0.6 is 0 Å². The summed E-state index contributed by atoms with van der Waals surface area (Å²) in [5.74, 6) is -2.22. The third-order valence-electron chi connectivity index (χ3n) is 5.81. The van der Waals surface area contributed by atoms with Crippen molar-refractivity contribution in [3.05, 3.63) is 30.2 Å². The van der Waals surface area contributed by atoms with Crippen LogP contribution in [-0.2, 0) is 6.42 Å². The standard InChI is InChI=1S/C22H25F2N7/c1-11(2)27-18-6-19-17(28-12(18)3)5-4-16(30-19)14-9-25-20-15(14)10-26-21(31-20)29-13-7-22(23,24)8-13/h4-5,9-11,13,18,27H,6-8H2,1-3H3,(H2,25,26,29,31)/t18-/m0/s1. The number of aliphatic imine (C=N–C) groups is 1. The van der Waals surface area contributed by atoms with Crippen molar-refractivity contribution in [2.45, 2.75) is 64.1 Å². The molecule has 0 bridgehead atoms. The topological polar surface area (TPSA) is 90.9 Å². The summed E-state index contributed by atoms with van der Waals surface area (Å²) in [6, 6.07) is 4.20. The van der Waals surface area contributed by atoms with Gasteiger partial charge in [-0.1, -0.05) is 13.8 Å². The molecular weight excluding hydrogens is 400 g/mol. The third-order valence-corrected chi connectivity index (χ3v) is 5.81. The summed E-state index contributed by atoms with van der Waals surface area (Å²) in [5.41, 5.74) is 5.31. The molecule has 1 aliphatic heterocycles. The average Bonchev–Trinajstić information content (AvgIpc) is 3.10. The quantitative estimate of drug-likeness (QED) is 0.569. The fourth-order valence-corrected chi connectivity index (χ4v) is 4.22. The van der Waals surface area contributed by atoms with Gasteiger partial charge in [0.05, 0.1) is 23.1 Å². The Bertz CT molecular complexity index is 1160. The number of hydrogen-bond acceptors (Lipinski definition) is 6. The summed E-state index contributed by atoms with van der Waals surface area (Å²) in [4.78, 5) is 21.5. The second kappa shape index (κ2) is 7.33. The molecule has 1 fully saturated rings. The Balaban J connectivity index is 1.40. The van der Waals surface area contributed by atoms with Gasteiger partial charge in [-0.3, -0.25) is 9.98 Å². The number of halogens is 2. The monoisotopic (exact) mass is 425 g/mol. The van der Waals surface area contributed by atoms with Crippen molar-refractivity contribution in [2.75, 3.05) is 5.32 Å². The molecule has 4 heterocycles. The highest BCUT2D eigenvalue weighted by molar-refractivity contribution is 5.94. The number of alkyl halides is 2. The molecule has 0 spiro atoms. The van der Waals surface area contributed by atoms with Gasteiger partial charge in [-0.05, 0) is 19.1 Å². The van der Waals surface area contributed by atoms with Crippen molar-refractivity contribution in [3.8, 4) is 11.3 Å². The van der Waals surface area contributed by atoms with Gasteiger partial charge in [0.2, 0.25) is 5.95 Å². The number of rotatable bonds is 5. The van der Waals surface area contributed by atoms with Crippen molar-refractivity contribution >= 4 is 28.4 Å². The van der Waals surface area contributed by atoms with Gasteiger partial charge < -0.3 is 15.6 Å². The van der Waals surface area contributed by atoms with Gasteiger partial charge in [0.25, 0.3) is 5.92 Å². The number of nitrogens with zero attached hydrogens (tertiary/aromatic N) is 4. The Morgan fingerprint density at radius 1 is 1.19 bits per heavy atom. The molecule has 0 unspecified atom stereocenters. The molecule has 162 valence electrons. The van der Waals surface area contributed by atoms with Crippen LogP contribution in [0.15, 0.2) is 29.5 Å². The molecule has 2 aliphatic rings. The van der Waals surface area contributed by atoms with Crippen LogP contribution in [0.1, 0.15) is 39.3 Å². The Morgan fingerprint density at radius 3 is 2.74 bits per heavy atom. The fourth-order valence-electron chi connectivity index (χ4n) is 4.22. The van der Waals surface area contributed by atoms with E-state index in [1.807, 2.05) is 25.3 Å². The molecule has 0 radical (unpaired) electrons. The molecule has 9 heteroatoms. The van der Waals surface area contributed by atoms with E-state index < -0.39 is 5.92 Å². The lowest BCUT2D eigenvalue weighted by atomic mass is 9.88. The minimum absolute atomic E-state index is 0.175. The van der Waals surface area contributed by atoms with E-state index in [4.69, 9.17) is 9.98 Å². The number of H-pyrrole nitrogens is 1. The van der Waals surface area contributed by atoms with Crippen molar-refractivity contribution < 1.29 is 8.78 Å². The molecule has 0 aromatic carbocycles. The summed E-state index contributed by atoms with van der Waals surface area (Å²) in [7, 11) is 0. The molecule has 3 aromatic rings. The Labute approximate surface area is 178 Å². The van der Waals surface area contributed by atoms with E-state index in [9.17, 15) is 8.78 Å². The van der Waals surface area contributed by atoms with E-state index in [0.29, 0.717) is 17.6 Å². The molecule has 5 rings (SSSR count). The first-order chi connectivity index (χ1) is 14.8. The van der Waals surface area contributed by atoms with E-state index in [0.717, 1.165) is 40.2 Å². The Hall–Kier alpha value is -2.94. The van der Waals surface area contributed by atoms with Crippen LogP contribution in [0.2, 0.25) is 0 Å². The first kappa shape index (κ1) is 20.0. The molecule has 3 aromatic heterocycles. The SMILES string of the molecule is CC1=Nc2ccc(-c3c[nH]c4nc(NC5CC(F)(F)C5)ncc34)nc2C[C@@H]1NC(C)C. The van der Waals surface area contributed by atoms with Crippen LogP contribution in [-0.4, -0.2) is 49.7 Å². The zero-order valence-electron chi connectivity index (χ0n) is 17.7. The second-order valence-corrected chi connectivity index (χ2v) is 8.76. The fraction of sp³-hybridized carbons (Fsp3) is 0.455. The van der Waals surface area contributed by atoms with Crippen LogP contribution in [0.25, 0.3) is 22.3 Å². The number of nitrogens with one attached hydrogen (secondary N) is 3. The molecule has 1 atom stereocenters. The average molecular weight is 425 g/mol. The van der Waals surface area contributed by atoms with Gasteiger partial charge in [0.15, 0.2) is 0 Å². The molecule has 0 saturated heterocycles. The lowest BCUT2D eigenvalue weighted by Gasteiger charge is -2.35. The highest BCUT2D eigenvalue weighted by Gasteiger charge is 2.45. The lowest BCUT2D eigenvalue weighted by molar-refractivity contribution is -0.0794. The van der Waals surface area contributed by atoms with E-state index in [1.165, 1.54) is 0 Å². The predicted molar refractivity (Wildman–Crippen MR) is 117 cm³/mol. The highest BCUT2D eigenvalue weighted by Crippen LogP contribution is 2.39. The van der Waals surface area contributed by atoms with Gasteiger partial charge >= 0.3 is 0 Å². The summed E-state index contributed by atoms with van der Waals surface area (Å²) in [6.45, 7) is 6.29. The maximum Gasteiger partial charge on any atom is 0.252 e. The molecule has 31 heavy (non-hydrogen) atoms. The second-order valence-electron chi connectivity index (χ2n) is 8.76. The smallest absolute Gasteiger partial charge is 0.252 e. The van der Waals surface area contributed by atoms with Crippen molar-refractivity contribution in [1.29, 1.82) is 0 Å². The predicted octanol–water partition coefficient (Wildman–Crippen LogP) is 4.24. The summed E-state index contributed by atoms with van der Waals surface area (Å²) in [5, 5.41) is 7.36. The van der Waals surface area contributed by atoms with Crippen molar-refractivity contribution in [2.24, 2.45) is 4.99 Å². The largest absolute Gasteiger partial charge is 0.351 e. The van der Waals surface area contributed by atoms with Gasteiger partial charge in [0, 0.05) is 60.4 Å². The van der Waals surface area contributed by atoms with Gasteiger partial charge in [0.1, 0.15) is 5.65 Å². The first-order valence-electron chi connectivity index (χ1n) is 10.6. The van der Waals surface area contributed by atoms with Gasteiger partial charge in [-0.15, -0.1) is 0 Å². The number of aromatic nitrogens is 4. The van der Waals surface area contributed by atoms with E-state index in [-0.39, 0.29) is 24.9 Å². The number of aromatic amines is 1. The zero-order chi connectivity index (χ0) is 21.8. The maximum atomic E-state index is 13.1. The Morgan fingerprint density at radius 2 is 2.00 bits per heavy atom. The first-order valence-corrected chi connectivity index (χ1v) is 10.6. The number of pyridine rings is 1. The number of fused-ring (bicyclic) bond motifs is 2. The van der Waals surface area contributed by atoms with E-state index >= 15 is 0 Å². The molecular formula is C22H25F2N7. The van der Waals surface area contributed by atoms with E-state index in [1.54, 1.807) is 6.20 Å². The van der Waals surface area contributed by atoms with Crippen LogP contribution in [0.4, 0.5) is 20.4 Å². The highest BCUT2D eigenvalue weighted by atomic mass is 19.3. The van der Waals surface area contributed by atoms with Crippen LogP contribution in [0.3, 0.4) is 0 Å². The summed E-state index contributed by atoms with van der Waals surface area (Å²) >= 11 is 0. The normalized spacial score (nSPS) is 20.5. The summed E-state index contributed by atoms with van der Waals surface area (Å²) in [6.07, 6.45) is 3.99. The molecule has 1 aliphatic carbocycles. The molecule has 0 amide bonds. The van der Waals surface area contributed by atoms with Crippen LogP contribution in [0, 0.1) is 0 Å². The van der Waals surface area contributed by atoms with Gasteiger partial charge in [-0.2, -0.15) is 4.98 Å². The zero-order valence-corrected chi connectivity index (χ0v) is 17.7. The number of anilines is 1. The maximum absolute atomic E-state index is 13.1. The molecule has 1 saturated carbocycles. The van der Waals surface area contributed by atoms with E-state index in [2.05, 4.69) is 39.4 Å². The minimum atomic E-state index is -2.58. The molecule has 3 N–H and O–H groups in total. The van der Waals surface area contributed by atoms with Gasteiger partial charge in [-0.25, -0.2) is 13.8 Å². The van der Waals surface area contributed by atoms with Crippen LogP contribution < -0.4 is 10.6 Å². The van der Waals surface area contributed by atoms with Crippen molar-refractivity contribution in [3.63, 3.8) is 0 Å². The minimum Gasteiger partial charge on any atom is -0.351 e. The lowest BCUT2D eigenvalue weighted by Crippen LogP contribution is -2.44. The number of hydrogen-bond donors (Lipinski definition) is 3. The van der Waals surface area contributed by atoms with Crippen molar-refractivity contribution in [1.82, 2.24) is 25.3 Å². The van der Waals surface area contributed by atoms with Crippen LogP contribution in [0.5, 0.6) is 0 Å². The third kappa shape index (κ3) is 3.89. The summed E-state index contributed by atoms with van der Waals surface area (Å²) < 4.78 is 26.1.